The van der Waals surface area contributed by atoms with Crippen LogP contribution in [0.25, 0.3) is 0 Å². The molecule has 204 valence electrons. The lowest BCUT2D eigenvalue weighted by atomic mass is 9.89. The van der Waals surface area contributed by atoms with Gasteiger partial charge in [-0.3, -0.25) is 19.2 Å². The maximum Gasteiger partial charge on any atom is 0.252 e. The van der Waals surface area contributed by atoms with E-state index in [0.29, 0.717) is 12.8 Å². The highest BCUT2D eigenvalue weighted by atomic mass is 16.5. The molecule has 0 heterocycles. The van der Waals surface area contributed by atoms with E-state index in [1.165, 1.54) is 0 Å². The zero-order valence-electron chi connectivity index (χ0n) is 22.9. The van der Waals surface area contributed by atoms with E-state index in [-0.39, 0.29) is 30.6 Å². The molecule has 4 amide bonds. The highest BCUT2D eigenvalue weighted by Gasteiger charge is 2.35. The predicted octanol–water partition coefficient (Wildman–Crippen LogP) is 0.124. The molecule has 11 heteroatoms. The molecule has 0 radical (unpaired) electrons. The van der Waals surface area contributed by atoms with Gasteiger partial charge in [0.05, 0.1) is 0 Å². The fraction of sp³-hybridized carbons (Fsp3) is 0.833. The lowest BCUT2D eigenvalue weighted by Crippen LogP contribution is -2.56. The second kappa shape index (κ2) is 12.6. The van der Waals surface area contributed by atoms with Gasteiger partial charge in [-0.1, -0.05) is 0 Å². The van der Waals surface area contributed by atoms with Gasteiger partial charge in [0.2, 0.25) is 11.8 Å². The minimum atomic E-state index is -1.93. The van der Waals surface area contributed by atoms with Crippen LogP contribution in [0.1, 0.15) is 82.1 Å². The maximum absolute atomic E-state index is 12.4. The van der Waals surface area contributed by atoms with E-state index in [4.69, 9.17) is 4.74 Å². The molecule has 35 heavy (non-hydrogen) atoms. The smallest absolute Gasteiger partial charge is 0.252 e. The first-order valence-electron chi connectivity index (χ1n) is 11.7. The SMILES string of the molecule is CC(C)(C)NC(=O)COCC(=O)NC(C)(C)CCC(C)(C)NC(=O)[C@@H](O)[C@H](O)C(=O)NC(C)(C)C. The fourth-order valence-corrected chi connectivity index (χ4v) is 2.99. The van der Waals surface area contributed by atoms with Gasteiger partial charge in [0.1, 0.15) is 13.2 Å². The molecule has 0 rings (SSSR count). The standard InChI is InChI=1S/C24H46N4O7/c1-21(2,3)25-15(29)13-35-14-16(30)26-23(7,8)11-12-24(9,10)28-20(34)18(32)17(31)19(33)27-22(4,5)6/h17-18,31-32H,11-14H2,1-10H3,(H,25,29)(H,26,30)(H,27,33)(H,28,34)/t17-,18-/m0/s1. The van der Waals surface area contributed by atoms with Crippen LogP contribution in [0.4, 0.5) is 0 Å². The van der Waals surface area contributed by atoms with Gasteiger partial charge in [0, 0.05) is 22.2 Å². The van der Waals surface area contributed by atoms with E-state index in [2.05, 4.69) is 21.3 Å². The number of nitrogens with one attached hydrogen (secondary N) is 4. The van der Waals surface area contributed by atoms with Crippen molar-refractivity contribution in [2.45, 2.75) is 116 Å². The Bertz CT molecular complexity index is 752. The summed E-state index contributed by atoms with van der Waals surface area (Å²) in [6.07, 6.45) is -2.97. The molecule has 0 aliphatic carbocycles. The Kier molecular flexibility index (Phi) is 11.8. The van der Waals surface area contributed by atoms with E-state index in [1.54, 1.807) is 34.6 Å². The highest BCUT2D eigenvalue weighted by molar-refractivity contribution is 5.91. The van der Waals surface area contributed by atoms with E-state index < -0.39 is 40.6 Å². The summed E-state index contributed by atoms with van der Waals surface area (Å²) >= 11 is 0. The Morgan fingerprint density at radius 2 is 0.943 bits per heavy atom. The molecule has 0 saturated carbocycles. The number of ether oxygens (including phenoxy) is 1. The molecule has 0 bridgehead atoms. The average Bonchev–Trinajstić information content (AvgIpc) is 2.61. The first-order chi connectivity index (χ1) is 15.5. The summed E-state index contributed by atoms with van der Waals surface area (Å²) in [7, 11) is 0. The molecule has 0 aliphatic heterocycles. The van der Waals surface area contributed by atoms with Crippen LogP contribution in [0.3, 0.4) is 0 Å². The molecular weight excluding hydrogens is 456 g/mol. The summed E-state index contributed by atoms with van der Waals surface area (Å²) in [4.78, 5) is 48.4. The number of carbonyl (C=O) groups excluding carboxylic acids is 4. The monoisotopic (exact) mass is 502 g/mol. The summed E-state index contributed by atoms with van der Waals surface area (Å²) in [5.41, 5.74) is -2.48. The first-order valence-corrected chi connectivity index (χ1v) is 11.7. The van der Waals surface area contributed by atoms with Gasteiger partial charge in [-0.2, -0.15) is 0 Å². The van der Waals surface area contributed by atoms with Gasteiger partial charge in [-0.25, -0.2) is 0 Å². The summed E-state index contributed by atoms with van der Waals surface area (Å²) < 4.78 is 5.18. The molecule has 0 aromatic heterocycles. The molecule has 0 fully saturated rings. The van der Waals surface area contributed by atoms with Crippen molar-refractivity contribution < 1.29 is 34.1 Å². The Hall–Kier alpha value is -2.24. The summed E-state index contributed by atoms with van der Waals surface area (Å²) in [6, 6.07) is 0. The quantitative estimate of drug-likeness (QED) is 0.220. The zero-order chi connectivity index (χ0) is 27.8. The molecule has 0 aromatic carbocycles. The number of hydrogen-bond acceptors (Lipinski definition) is 7. The fourth-order valence-electron chi connectivity index (χ4n) is 2.99. The van der Waals surface area contributed by atoms with Crippen molar-refractivity contribution in [3.05, 3.63) is 0 Å². The molecule has 0 unspecified atom stereocenters. The van der Waals surface area contributed by atoms with Crippen LogP contribution < -0.4 is 21.3 Å². The van der Waals surface area contributed by atoms with Crippen molar-refractivity contribution >= 4 is 23.6 Å². The molecule has 0 aromatic rings. The third-order valence-electron chi connectivity index (χ3n) is 4.63. The van der Waals surface area contributed by atoms with Gasteiger partial charge >= 0.3 is 0 Å². The Morgan fingerprint density at radius 1 is 0.600 bits per heavy atom. The van der Waals surface area contributed by atoms with Gasteiger partial charge in [0.15, 0.2) is 12.2 Å². The zero-order valence-corrected chi connectivity index (χ0v) is 22.9. The van der Waals surface area contributed by atoms with Crippen LogP contribution in [0, 0.1) is 0 Å². The molecule has 0 aliphatic rings. The van der Waals surface area contributed by atoms with Crippen molar-refractivity contribution in [2.75, 3.05) is 13.2 Å². The number of hydrogen-bond donors (Lipinski definition) is 6. The van der Waals surface area contributed by atoms with Crippen LogP contribution in [0.2, 0.25) is 0 Å². The topological polar surface area (TPSA) is 166 Å². The van der Waals surface area contributed by atoms with Crippen molar-refractivity contribution in [3.63, 3.8) is 0 Å². The van der Waals surface area contributed by atoms with E-state index in [9.17, 15) is 29.4 Å². The van der Waals surface area contributed by atoms with Crippen molar-refractivity contribution in [1.82, 2.24) is 21.3 Å². The summed E-state index contributed by atoms with van der Waals surface area (Å²) in [6.45, 7) is 17.2. The van der Waals surface area contributed by atoms with Gasteiger partial charge in [-0.05, 0) is 82.1 Å². The normalized spacial score (nSPS) is 14.5. The largest absolute Gasteiger partial charge is 0.380 e. The van der Waals surface area contributed by atoms with Crippen LogP contribution in [-0.2, 0) is 23.9 Å². The third-order valence-corrected chi connectivity index (χ3v) is 4.63. The van der Waals surface area contributed by atoms with E-state index in [1.807, 2.05) is 34.6 Å². The number of carbonyl (C=O) groups is 4. The van der Waals surface area contributed by atoms with E-state index in [0.717, 1.165) is 0 Å². The number of aliphatic hydroxyl groups is 2. The van der Waals surface area contributed by atoms with Gasteiger partial charge in [0.25, 0.3) is 11.8 Å². The second-order valence-electron chi connectivity index (χ2n) is 12.2. The Balaban J connectivity index is 4.66. The first kappa shape index (κ1) is 32.8. The molecular formula is C24H46N4O7. The molecule has 0 spiro atoms. The van der Waals surface area contributed by atoms with Gasteiger partial charge in [-0.15, -0.1) is 0 Å². The Labute approximate surface area is 209 Å². The van der Waals surface area contributed by atoms with Gasteiger partial charge < -0.3 is 36.2 Å². The Morgan fingerprint density at radius 3 is 1.34 bits per heavy atom. The molecule has 6 N–H and O–H groups in total. The minimum absolute atomic E-state index is 0.230. The summed E-state index contributed by atoms with van der Waals surface area (Å²) in [5.74, 6) is -2.43. The van der Waals surface area contributed by atoms with Crippen LogP contribution in [0.5, 0.6) is 0 Å². The van der Waals surface area contributed by atoms with Crippen molar-refractivity contribution in [3.8, 4) is 0 Å². The van der Waals surface area contributed by atoms with Crippen LogP contribution in [-0.4, -0.2) is 81.4 Å². The molecule has 0 saturated heterocycles. The van der Waals surface area contributed by atoms with E-state index >= 15 is 0 Å². The number of rotatable bonds is 12. The lowest BCUT2D eigenvalue weighted by molar-refractivity contribution is -0.148. The van der Waals surface area contributed by atoms with Crippen molar-refractivity contribution in [1.29, 1.82) is 0 Å². The minimum Gasteiger partial charge on any atom is -0.380 e. The average molecular weight is 503 g/mol. The molecule has 11 nitrogen and oxygen atoms in total. The number of amides is 4. The third kappa shape index (κ3) is 15.4. The highest BCUT2D eigenvalue weighted by Crippen LogP contribution is 2.19. The van der Waals surface area contributed by atoms with Crippen molar-refractivity contribution in [2.24, 2.45) is 0 Å². The van der Waals surface area contributed by atoms with Crippen LogP contribution >= 0.6 is 0 Å². The van der Waals surface area contributed by atoms with Crippen LogP contribution in [0.15, 0.2) is 0 Å². The number of aliphatic hydroxyl groups excluding tert-OH is 2. The predicted molar refractivity (Wildman–Crippen MR) is 132 cm³/mol. The second-order valence-corrected chi connectivity index (χ2v) is 12.2. The summed E-state index contributed by atoms with van der Waals surface area (Å²) in [5, 5.41) is 30.9. The maximum atomic E-state index is 12.4. The molecule has 2 atom stereocenters. The lowest BCUT2D eigenvalue weighted by Gasteiger charge is -2.33.